The smallest absolute Gasteiger partial charge is 0.306 e. The van der Waals surface area contributed by atoms with E-state index in [1.54, 1.807) is 0 Å². The molecule has 2 aromatic carbocycles. The first-order valence-corrected chi connectivity index (χ1v) is 6.52. The molecule has 0 heterocycles. The van der Waals surface area contributed by atoms with Gasteiger partial charge in [0.25, 0.3) is 0 Å². The van der Waals surface area contributed by atoms with Gasteiger partial charge in [0.2, 0.25) is 0 Å². The zero-order valence-electron chi connectivity index (χ0n) is 10.8. The maximum absolute atomic E-state index is 10.8. The number of ether oxygens (including phenoxy) is 1. The molecule has 0 radical (unpaired) electrons. The first-order chi connectivity index (χ1) is 9.36. The van der Waals surface area contributed by atoms with Crippen LogP contribution in [0.3, 0.4) is 0 Å². The summed E-state index contributed by atoms with van der Waals surface area (Å²) in [7, 11) is 0. The van der Waals surface area contributed by atoms with Crippen molar-refractivity contribution in [1.82, 2.24) is 0 Å². The molecule has 0 bridgehead atoms. The van der Waals surface area contributed by atoms with E-state index in [-0.39, 0.29) is 15.7 Å². The van der Waals surface area contributed by atoms with Crippen LogP contribution in [-0.4, -0.2) is 4.92 Å². The van der Waals surface area contributed by atoms with Crippen LogP contribution in [0.2, 0.25) is 10.0 Å². The zero-order chi connectivity index (χ0) is 14.9. The number of hydrogen-bond acceptors (Lipinski definition) is 3. The number of halogens is 2. The fraction of sp³-hybridized carbons (Fsp3) is 0.143. The second-order valence-electron chi connectivity index (χ2n) is 4.42. The van der Waals surface area contributed by atoms with Crippen LogP contribution in [0.4, 0.5) is 5.69 Å². The Kier molecular flexibility index (Phi) is 4.16. The van der Waals surface area contributed by atoms with Crippen molar-refractivity contribution in [3.8, 4) is 11.5 Å². The average Bonchev–Trinajstić information content (AvgIpc) is 2.25. The number of hydrogen-bond donors (Lipinski definition) is 0. The van der Waals surface area contributed by atoms with Crippen molar-refractivity contribution in [2.24, 2.45) is 0 Å². The van der Waals surface area contributed by atoms with Gasteiger partial charge in [-0.25, -0.2) is 0 Å². The topological polar surface area (TPSA) is 52.4 Å². The molecular weight excluding hydrogens is 301 g/mol. The Morgan fingerprint density at radius 1 is 0.950 bits per heavy atom. The average molecular weight is 312 g/mol. The van der Waals surface area contributed by atoms with Crippen LogP contribution in [0.5, 0.6) is 11.5 Å². The number of nitro benzene ring substituents is 1. The van der Waals surface area contributed by atoms with E-state index in [1.807, 2.05) is 32.0 Å². The van der Waals surface area contributed by atoms with Gasteiger partial charge in [-0.15, -0.1) is 0 Å². The molecule has 2 aromatic rings. The van der Waals surface area contributed by atoms with Crippen LogP contribution in [-0.2, 0) is 0 Å². The minimum Gasteiger partial charge on any atom is -0.457 e. The highest BCUT2D eigenvalue weighted by atomic mass is 35.5. The Bertz CT molecular complexity index is 643. The van der Waals surface area contributed by atoms with E-state index in [0.717, 1.165) is 11.1 Å². The minimum atomic E-state index is -0.620. The fourth-order valence-electron chi connectivity index (χ4n) is 1.90. The second kappa shape index (κ2) is 5.69. The third-order valence-corrected chi connectivity index (χ3v) is 3.18. The van der Waals surface area contributed by atoms with Gasteiger partial charge in [-0.05, 0) is 37.1 Å². The first-order valence-electron chi connectivity index (χ1n) is 5.76. The van der Waals surface area contributed by atoms with Crippen LogP contribution in [0.25, 0.3) is 0 Å². The summed E-state index contributed by atoms with van der Waals surface area (Å²) in [5, 5.41) is 10.7. The van der Waals surface area contributed by atoms with Crippen LogP contribution in [0, 0.1) is 24.0 Å². The molecule has 0 fully saturated rings. The van der Waals surface area contributed by atoms with Crippen molar-refractivity contribution in [3.63, 3.8) is 0 Å². The van der Waals surface area contributed by atoms with Crippen LogP contribution in [0.15, 0.2) is 30.3 Å². The lowest BCUT2D eigenvalue weighted by molar-refractivity contribution is -0.384. The number of rotatable bonds is 3. The SMILES string of the molecule is Cc1cc(C)cc(Oc2cc(Cl)c([N+](=O)[O-])c(Cl)c2)c1. The molecule has 0 saturated heterocycles. The summed E-state index contributed by atoms with van der Waals surface area (Å²) in [4.78, 5) is 10.2. The zero-order valence-corrected chi connectivity index (χ0v) is 12.3. The molecule has 4 nitrogen and oxygen atoms in total. The Morgan fingerprint density at radius 3 is 1.85 bits per heavy atom. The van der Waals surface area contributed by atoms with Gasteiger partial charge in [-0.3, -0.25) is 10.1 Å². The van der Waals surface area contributed by atoms with E-state index < -0.39 is 4.92 Å². The monoisotopic (exact) mass is 311 g/mol. The molecule has 0 spiro atoms. The molecule has 0 saturated carbocycles. The molecule has 0 atom stereocenters. The molecular formula is C14H11Cl2NO3. The summed E-state index contributed by atoms with van der Waals surface area (Å²) >= 11 is 11.7. The highest BCUT2D eigenvalue weighted by molar-refractivity contribution is 6.38. The van der Waals surface area contributed by atoms with Crippen molar-refractivity contribution >= 4 is 28.9 Å². The van der Waals surface area contributed by atoms with Crippen LogP contribution < -0.4 is 4.74 Å². The molecule has 0 aliphatic rings. The second-order valence-corrected chi connectivity index (χ2v) is 5.23. The Labute approximate surface area is 126 Å². The summed E-state index contributed by atoms with van der Waals surface area (Å²) in [6.45, 7) is 3.91. The number of nitro groups is 1. The van der Waals surface area contributed by atoms with E-state index in [1.165, 1.54) is 12.1 Å². The van der Waals surface area contributed by atoms with Gasteiger partial charge in [0.15, 0.2) is 0 Å². The van der Waals surface area contributed by atoms with Gasteiger partial charge in [0, 0.05) is 12.1 Å². The molecule has 20 heavy (non-hydrogen) atoms. The largest absolute Gasteiger partial charge is 0.457 e. The highest BCUT2D eigenvalue weighted by Crippen LogP contribution is 2.37. The van der Waals surface area contributed by atoms with Gasteiger partial charge >= 0.3 is 5.69 Å². The van der Waals surface area contributed by atoms with Gasteiger partial charge in [0.1, 0.15) is 21.5 Å². The molecule has 104 valence electrons. The number of aryl methyl sites for hydroxylation is 2. The van der Waals surface area contributed by atoms with Crippen molar-refractivity contribution < 1.29 is 9.66 Å². The first kappa shape index (κ1) is 14.6. The quantitative estimate of drug-likeness (QED) is 0.570. The van der Waals surface area contributed by atoms with Gasteiger partial charge in [-0.1, -0.05) is 29.3 Å². The summed E-state index contributed by atoms with van der Waals surface area (Å²) in [6.07, 6.45) is 0. The summed E-state index contributed by atoms with van der Waals surface area (Å²) < 4.78 is 5.64. The highest BCUT2D eigenvalue weighted by Gasteiger charge is 2.19. The van der Waals surface area contributed by atoms with Crippen molar-refractivity contribution in [2.75, 3.05) is 0 Å². The molecule has 0 N–H and O–H groups in total. The number of nitrogens with zero attached hydrogens (tertiary/aromatic N) is 1. The lowest BCUT2D eigenvalue weighted by Crippen LogP contribution is -1.92. The van der Waals surface area contributed by atoms with E-state index in [0.29, 0.717) is 11.5 Å². The van der Waals surface area contributed by atoms with Crippen LogP contribution in [0.1, 0.15) is 11.1 Å². The lowest BCUT2D eigenvalue weighted by Gasteiger charge is -2.09. The third kappa shape index (κ3) is 3.21. The molecule has 0 aromatic heterocycles. The maximum atomic E-state index is 10.8. The Hall–Kier alpha value is -1.78. The summed E-state index contributed by atoms with van der Waals surface area (Å²) in [5.41, 5.74) is 1.79. The predicted molar refractivity (Wildman–Crippen MR) is 79.1 cm³/mol. The maximum Gasteiger partial charge on any atom is 0.306 e. The van der Waals surface area contributed by atoms with Crippen molar-refractivity contribution in [2.45, 2.75) is 13.8 Å². The lowest BCUT2D eigenvalue weighted by atomic mass is 10.1. The normalized spacial score (nSPS) is 10.4. The van der Waals surface area contributed by atoms with Gasteiger partial charge in [-0.2, -0.15) is 0 Å². The minimum absolute atomic E-state index is 0.0538. The third-order valence-electron chi connectivity index (χ3n) is 2.60. The summed E-state index contributed by atoms with van der Waals surface area (Å²) in [6, 6.07) is 8.49. The Balaban J connectivity index is 2.37. The van der Waals surface area contributed by atoms with Crippen LogP contribution >= 0.6 is 23.2 Å². The molecule has 0 aliphatic heterocycles. The van der Waals surface area contributed by atoms with Crippen molar-refractivity contribution in [1.29, 1.82) is 0 Å². The molecule has 2 rings (SSSR count). The van der Waals surface area contributed by atoms with E-state index in [2.05, 4.69) is 0 Å². The van der Waals surface area contributed by atoms with E-state index in [4.69, 9.17) is 27.9 Å². The summed E-state index contributed by atoms with van der Waals surface area (Å²) in [5.74, 6) is 0.985. The van der Waals surface area contributed by atoms with E-state index >= 15 is 0 Å². The van der Waals surface area contributed by atoms with Gasteiger partial charge < -0.3 is 4.74 Å². The van der Waals surface area contributed by atoms with E-state index in [9.17, 15) is 10.1 Å². The van der Waals surface area contributed by atoms with Gasteiger partial charge in [0.05, 0.1) is 4.92 Å². The predicted octanol–water partition coefficient (Wildman–Crippen LogP) is 5.31. The fourth-order valence-corrected chi connectivity index (χ4v) is 2.51. The number of benzene rings is 2. The standard InChI is InChI=1S/C14H11Cl2NO3/c1-8-3-9(2)5-10(4-8)20-11-6-12(15)14(17(18)19)13(16)7-11/h3-7H,1-2H3. The molecule has 6 heteroatoms. The molecule has 0 unspecified atom stereocenters. The molecule has 0 aliphatic carbocycles. The molecule has 0 amide bonds. The Morgan fingerprint density at radius 2 is 1.40 bits per heavy atom. The van der Waals surface area contributed by atoms with Crippen molar-refractivity contribution in [3.05, 3.63) is 61.6 Å².